The fraction of sp³-hybridized carbons (Fsp3) is 0.138. The highest BCUT2D eigenvalue weighted by molar-refractivity contribution is 7.92. The summed E-state index contributed by atoms with van der Waals surface area (Å²) < 4.78 is 28.6. The van der Waals surface area contributed by atoms with Crippen molar-refractivity contribution in [2.75, 3.05) is 4.72 Å². The number of amides is 1. The lowest BCUT2D eigenvalue weighted by atomic mass is 10.1. The Balaban J connectivity index is 1.63. The van der Waals surface area contributed by atoms with Crippen LogP contribution in [0.15, 0.2) is 108 Å². The van der Waals surface area contributed by atoms with Crippen molar-refractivity contribution in [3.05, 3.63) is 131 Å². The fourth-order valence-corrected chi connectivity index (χ4v) is 4.90. The van der Waals surface area contributed by atoms with Crippen LogP contribution in [0.2, 0.25) is 0 Å². The van der Waals surface area contributed by atoms with E-state index in [0.29, 0.717) is 24.3 Å². The molecule has 0 saturated carbocycles. The van der Waals surface area contributed by atoms with E-state index in [1.165, 1.54) is 0 Å². The Morgan fingerprint density at radius 2 is 1.29 bits per heavy atom. The minimum atomic E-state index is -3.79. The molecule has 5 nitrogen and oxygen atoms in total. The van der Waals surface area contributed by atoms with Gasteiger partial charge in [0.1, 0.15) is 0 Å². The summed E-state index contributed by atoms with van der Waals surface area (Å²) in [6, 6.07) is 31.4. The molecule has 4 aromatic carbocycles. The van der Waals surface area contributed by atoms with E-state index in [2.05, 4.69) is 4.72 Å². The molecule has 0 heterocycles. The van der Waals surface area contributed by atoms with Gasteiger partial charge in [0.2, 0.25) is 0 Å². The first-order valence-electron chi connectivity index (χ1n) is 11.4. The van der Waals surface area contributed by atoms with Gasteiger partial charge in [-0.25, -0.2) is 8.42 Å². The van der Waals surface area contributed by atoms with Gasteiger partial charge in [-0.05, 0) is 54.8 Å². The predicted octanol–water partition coefficient (Wildman–Crippen LogP) is 5.95. The summed E-state index contributed by atoms with van der Waals surface area (Å²) in [4.78, 5) is 15.6. The van der Waals surface area contributed by atoms with Gasteiger partial charge in [0, 0.05) is 18.7 Å². The first-order chi connectivity index (χ1) is 16.8. The van der Waals surface area contributed by atoms with E-state index in [-0.39, 0.29) is 10.8 Å². The Hall–Kier alpha value is -3.90. The van der Waals surface area contributed by atoms with Crippen LogP contribution in [0.5, 0.6) is 0 Å². The van der Waals surface area contributed by atoms with Gasteiger partial charge in [-0.15, -0.1) is 0 Å². The maximum atomic E-state index is 13.6. The number of aryl methyl sites for hydroxylation is 2. The van der Waals surface area contributed by atoms with Gasteiger partial charge in [0.05, 0.1) is 10.6 Å². The molecule has 0 atom stereocenters. The van der Waals surface area contributed by atoms with Crippen molar-refractivity contribution in [2.24, 2.45) is 0 Å². The Morgan fingerprint density at radius 3 is 1.83 bits per heavy atom. The first-order valence-corrected chi connectivity index (χ1v) is 12.9. The summed E-state index contributed by atoms with van der Waals surface area (Å²) in [5.41, 5.74) is 4.55. The number of nitrogens with zero attached hydrogens (tertiary/aromatic N) is 1. The molecule has 0 aliphatic carbocycles. The third-order valence-electron chi connectivity index (χ3n) is 5.78. The van der Waals surface area contributed by atoms with Crippen molar-refractivity contribution in [3.63, 3.8) is 0 Å². The molecule has 0 aromatic heterocycles. The quantitative estimate of drug-likeness (QED) is 0.336. The van der Waals surface area contributed by atoms with E-state index in [4.69, 9.17) is 0 Å². The molecule has 1 amide bonds. The molecule has 0 radical (unpaired) electrons. The highest BCUT2D eigenvalue weighted by atomic mass is 32.2. The first kappa shape index (κ1) is 24.2. The van der Waals surface area contributed by atoms with Gasteiger partial charge in [0.15, 0.2) is 0 Å². The molecule has 0 aliphatic rings. The molecular formula is C29H28N2O3S. The molecular weight excluding hydrogens is 456 g/mol. The zero-order chi connectivity index (χ0) is 24.8. The van der Waals surface area contributed by atoms with Gasteiger partial charge in [-0.2, -0.15) is 0 Å². The number of sulfonamides is 1. The number of hydrogen-bond donors (Lipinski definition) is 1. The van der Waals surface area contributed by atoms with E-state index < -0.39 is 10.0 Å². The summed E-state index contributed by atoms with van der Waals surface area (Å²) in [7, 11) is -3.79. The third kappa shape index (κ3) is 6.16. The average molecular weight is 485 g/mol. The van der Waals surface area contributed by atoms with Gasteiger partial charge >= 0.3 is 0 Å². The van der Waals surface area contributed by atoms with Gasteiger partial charge in [-0.1, -0.05) is 84.4 Å². The zero-order valence-electron chi connectivity index (χ0n) is 19.8. The number of carbonyl (C=O) groups is 1. The standard InChI is InChI=1S/C29H28N2O3S/c1-22-13-17-27(18-14-22)35(33,34)30-28-19-26(16-15-23(28)2)29(32)31(20-24-9-5-3-6-10-24)21-25-11-7-4-8-12-25/h3-19,30H,20-21H2,1-2H3. The van der Waals surface area contributed by atoms with Crippen LogP contribution in [0.25, 0.3) is 0 Å². The smallest absolute Gasteiger partial charge is 0.261 e. The van der Waals surface area contributed by atoms with Crippen LogP contribution in [0.1, 0.15) is 32.6 Å². The Morgan fingerprint density at radius 1 is 0.743 bits per heavy atom. The van der Waals surface area contributed by atoms with Crippen LogP contribution in [0, 0.1) is 13.8 Å². The maximum absolute atomic E-state index is 13.6. The van der Waals surface area contributed by atoms with Crippen LogP contribution >= 0.6 is 0 Å². The zero-order valence-corrected chi connectivity index (χ0v) is 20.6. The van der Waals surface area contributed by atoms with Gasteiger partial charge < -0.3 is 4.90 Å². The second-order valence-corrected chi connectivity index (χ2v) is 10.3. The largest absolute Gasteiger partial charge is 0.330 e. The second-order valence-electron chi connectivity index (χ2n) is 8.58. The molecule has 4 rings (SSSR count). The van der Waals surface area contributed by atoms with Crippen molar-refractivity contribution in [3.8, 4) is 0 Å². The Labute approximate surface area is 207 Å². The summed E-state index contributed by atoms with van der Waals surface area (Å²) >= 11 is 0. The molecule has 0 saturated heterocycles. The molecule has 0 unspecified atom stereocenters. The second kappa shape index (κ2) is 10.6. The van der Waals surface area contributed by atoms with Crippen LogP contribution in [-0.4, -0.2) is 19.2 Å². The van der Waals surface area contributed by atoms with Crippen molar-refractivity contribution in [1.29, 1.82) is 0 Å². The number of rotatable bonds is 8. The molecule has 0 fully saturated rings. The summed E-state index contributed by atoms with van der Waals surface area (Å²) in [5.74, 6) is -0.173. The van der Waals surface area contributed by atoms with Crippen molar-refractivity contribution >= 4 is 21.6 Å². The normalized spacial score (nSPS) is 11.1. The van der Waals surface area contributed by atoms with Crippen LogP contribution < -0.4 is 4.72 Å². The Bertz CT molecular complexity index is 1360. The predicted molar refractivity (Wildman–Crippen MR) is 140 cm³/mol. The molecule has 6 heteroatoms. The molecule has 1 N–H and O–H groups in total. The molecule has 0 spiro atoms. The number of nitrogens with one attached hydrogen (secondary N) is 1. The lowest BCUT2D eigenvalue weighted by Gasteiger charge is -2.24. The van der Waals surface area contributed by atoms with Gasteiger partial charge in [0.25, 0.3) is 15.9 Å². The van der Waals surface area contributed by atoms with Crippen LogP contribution in [0.3, 0.4) is 0 Å². The SMILES string of the molecule is Cc1ccc(S(=O)(=O)Nc2cc(C(=O)N(Cc3ccccc3)Cc3ccccc3)ccc2C)cc1. The number of anilines is 1. The number of benzene rings is 4. The Kier molecular flexibility index (Phi) is 7.32. The van der Waals surface area contributed by atoms with Crippen molar-refractivity contribution < 1.29 is 13.2 Å². The number of carbonyl (C=O) groups excluding carboxylic acids is 1. The minimum absolute atomic E-state index is 0.173. The molecule has 4 aromatic rings. The van der Waals surface area contributed by atoms with Crippen LogP contribution in [0.4, 0.5) is 5.69 Å². The molecule has 0 bridgehead atoms. The molecule has 178 valence electrons. The van der Waals surface area contributed by atoms with Gasteiger partial charge in [-0.3, -0.25) is 9.52 Å². The third-order valence-corrected chi connectivity index (χ3v) is 7.16. The highest BCUT2D eigenvalue weighted by Crippen LogP contribution is 2.23. The topological polar surface area (TPSA) is 66.5 Å². The maximum Gasteiger partial charge on any atom is 0.261 e. The van der Waals surface area contributed by atoms with E-state index in [1.807, 2.05) is 74.5 Å². The minimum Gasteiger partial charge on any atom is -0.330 e. The molecule has 35 heavy (non-hydrogen) atoms. The molecule has 0 aliphatic heterocycles. The van der Waals surface area contributed by atoms with Crippen molar-refractivity contribution in [2.45, 2.75) is 31.8 Å². The lowest BCUT2D eigenvalue weighted by Crippen LogP contribution is -2.30. The monoisotopic (exact) mass is 484 g/mol. The van der Waals surface area contributed by atoms with E-state index >= 15 is 0 Å². The van der Waals surface area contributed by atoms with E-state index in [1.54, 1.807) is 47.4 Å². The number of hydrogen-bond acceptors (Lipinski definition) is 3. The van der Waals surface area contributed by atoms with Crippen LogP contribution in [-0.2, 0) is 23.1 Å². The lowest BCUT2D eigenvalue weighted by molar-refractivity contribution is 0.0730. The van der Waals surface area contributed by atoms with E-state index in [0.717, 1.165) is 22.3 Å². The van der Waals surface area contributed by atoms with Crippen molar-refractivity contribution in [1.82, 2.24) is 4.90 Å². The highest BCUT2D eigenvalue weighted by Gasteiger charge is 2.20. The summed E-state index contributed by atoms with van der Waals surface area (Å²) in [6.07, 6.45) is 0. The fourth-order valence-electron chi connectivity index (χ4n) is 3.78. The summed E-state index contributed by atoms with van der Waals surface area (Å²) in [6.45, 7) is 4.59. The average Bonchev–Trinajstić information content (AvgIpc) is 2.86. The van der Waals surface area contributed by atoms with E-state index in [9.17, 15) is 13.2 Å². The summed E-state index contributed by atoms with van der Waals surface area (Å²) in [5, 5.41) is 0.